The van der Waals surface area contributed by atoms with E-state index < -0.39 is 5.60 Å². The zero-order chi connectivity index (χ0) is 24.6. The van der Waals surface area contributed by atoms with Crippen LogP contribution in [0.1, 0.15) is 95.3 Å². The van der Waals surface area contributed by atoms with Crippen LogP contribution < -0.4 is 16.0 Å². The van der Waals surface area contributed by atoms with Crippen molar-refractivity contribution in [2.24, 2.45) is 0 Å². The second kappa shape index (κ2) is 12.3. The smallest absolute Gasteiger partial charge is 0.410 e. The Morgan fingerprint density at radius 1 is 0.912 bits per heavy atom. The molecule has 0 atom stereocenters. The first-order valence-corrected chi connectivity index (χ1v) is 13.1. The molecule has 3 rings (SSSR count). The van der Waals surface area contributed by atoms with Crippen LogP contribution in [0.3, 0.4) is 0 Å². The summed E-state index contributed by atoms with van der Waals surface area (Å²) in [5.74, 6) is -0.131. The predicted molar refractivity (Wildman–Crippen MR) is 139 cm³/mol. The molecule has 0 spiro atoms. The molecule has 7 nitrogen and oxygen atoms in total. The van der Waals surface area contributed by atoms with Crippen molar-refractivity contribution in [2.45, 2.75) is 103 Å². The second-order valence-electron chi connectivity index (χ2n) is 10.9. The molecule has 0 aliphatic heterocycles. The molecule has 0 heterocycles. The fourth-order valence-electron chi connectivity index (χ4n) is 4.73. The molecule has 0 unspecified atom stereocenters. The number of nitrogens with zero attached hydrogens (tertiary/aromatic N) is 1. The highest BCUT2D eigenvalue weighted by Crippen LogP contribution is 2.30. The van der Waals surface area contributed by atoms with Crippen molar-refractivity contribution in [1.29, 1.82) is 0 Å². The van der Waals surface area contributed by atoms with Gasteiger partial charge in [-0.2, -0.15) is 0 Å². The highest BCUT2D eigenvalue weighted by atomic mass is 16.6. The molecule has 1 aromatic rings. The van der Waals surface area contributed by atoms with Gasteiger partial charge in [0.05, 0.1) is 11.4 Å². The molecule has 2 aliphatic carbocycles. The van der Waals surface area contributed by atoms with Crippen LogP contribution in [0, 0.1) is 0 Å². The lowest BCUT2D eigenvalue weighted by Gasteiger charge is -2.29. The fourth-order valence-corrected chi connectivity index (χ4v) is 4.73. The number of ether oxygens (including phenoxy) is 1. The largest absolute Gasteiger partial charge is 0.444 e. The first-order chi connectivity index (χ1) is 16.2. The molecule has 2 amide bonds. The van der Waals surface area contributed by atoms with Crippen molar-refractivity contribution in [3.05, 3.63) is 23.8 Å². The molecule has 34 heavy (non-hydrogen) atoms. The molecule has 1 aromatic carbocycles. The fraction of sp³-hybridized carbons (Fsp3) is 0.704. The van der Waals surface area contributed by atoms with Gasteiger partial charge in [0.25, 0.3) is 5.91 Å². The average Bonchev–Trinajstić information content (AvgIpc) is 2.80. The summed E-state index contributed by atoms with van der Waals surface area (Å²) >= 11 is 0. The molecule has 190 valence electrons. The summed E-state index contributed by atoms with van der Waals surface area (Å²) in [7, 11) is 1.68. The Morgan fingerprint density at radius 2 is 1.47 bits per heavy atom. The standard InChI is InChI=1S/C27H44N4O3/c1-27(2,3)34-26(33)31(4)18-17-28-25(32)20-15-16-23(29-21-11-7-5-8-12-21)24(19-20)30-22-13-9-6-10-14-22/h15-16,19,21-22,29-30H,5-14,17-18H2,1-4H3,(H,28,32). The number of hydrogen-bond donors (Lipinski definition) is 3. The Morgan fingerprint density at radius 3 is 2.03 bits per heavy atom. The Balaban J connectivity index is 1.61. The third kappa shape index (κ3) is 8.41. The van der Waals surface area contributed by atoms with E-state index in [1.165, 1.54) is 69.1 Å². The van der Waals surface area contributed by atoms with Gasteiger partial charge in [-0.25, -0.2) is 4.79 Å². The van der Waals surface area contributed by atoms with E-state index in [-0.39, 0.29) is 12.0 Å². The van der Waals surface area contributed by atoms with E-state index in [2.05, 4.69) is 16.0 Å². The van der Waals surface area contributed by atoms with Gasteiger partial charge >= 0.3 is 6.09 Å². The molecule has 0 radical (unpaired) electrons. The summed E-state index contributed by atoms with van der Waals surface area (Å²) < 4.78 is 5.36. The van der Waals surface area contributed by atoms with Crippen LogP contribution in [0.5, 0.6) is 0 Å². The average molecular weight is 473 g/mol. The van der Waals surface area contributed by atoms with Gasteiger partial charge in [-0.1, -0.05) is 38.5 Å². The molecule has 7 heteroatoms. The van der Waals surface area contributed by atoms with E-state index in [1.54, 1.807) is 7.05 Å². The molecule has 0 saturated heterocycles. The lowest BCUT2D eigenvalue weighted by Crippen LogP contribution is -2.39. The van der Waals surface area contributed by atoms with Crippen LogP contribution in [-0.4, -0.2) is 54.7 Å². The Bertz CT molecular complexity index is 809. The van der Waals surface area contributed by atoms with Gasteiger partial charge < -0.3 is 25.6 Å². The normalized spacial score (nSPS) is 17.6. The topological polar surface area (TPSA) is 82.7 Å². The van der Waals surface area contributed by atoms with Crippen LogP contribution in [-0.2, 0) is 4.74 Å². The van der Waals surface area contributed by atoms with E-state index in [1.807, 2.05) is 39.0 Å². The molecule has 0 bridgehead atoms. The Hall–Kier alpha value is -2.44. The van der Waals surface area contributed by atoms with Crippen molar-refractivity contribution in [1.82, 2.24) is 10.2 Å². The minimum Gasteiger partial charge on any atom is -0.444 e. The van der Waals surface area contributed by atoms with Crippen molar-refractivity contribution in [2.75, 3.05) is 30.8 Å². The maximum atomic E-state index is 12.9. The molecule has 2 saturated carbocycles. The van der Waals surface area contributed by atoms with E-state index in [4.69, 9.17) is 4.74 Å². The third-order valence-corrected chi connectivity index (χ3v) is 6.65. The number of anilines is 2. The van der Waals surface area contributed by atoms with E-state index >= 15 is 0 Å². The zero-order valence-electron chi connectivity index (χ0n) is 21.5. The highest BCUT2D eigenvalue weighted by molar-refractivity contribution is 5.96. The van der Waals surface area contributed by atoms with Crippen LogP contribution >= 0.6 is 0 Å². The van der Waals surface area contributed by atoms with Gasteiger partial charge in [0.15, 0.2) is 0 Å². The van der Waals surface area contributed by atoms with Crippen molar-refractivity contribution >= 4 is 23.4 Å². The number of carbonyl (C=O) groups is 2. The Kier molecular flexibility index (Phi) is 9.48. The van der Waals surface area contributed by atoms with Crippen LogP contribution in [0.25, 0.3) is 0 Å². The van der Waals surface area contributed by atoms with E-state index in [9.17, 15) is 9.59 Å². The van der Waals surface area contributed by atoms with Crippen molar-refractivity contribution < 1.29 is 14.3 Å². The molecule has 3 N–H and O–H groups in total. The van der Waals surface area contributed by atoms with Gasteiger partial charge in [-0.05, 0) is 64.7 Å². The van der Waals surface area contributed by atoms with Gasteiger partial charge in [0.2, 0.25) is 0 Å². The van der Waals surface area contributed by atoms with Crippen molar-refractivity contribution in [3.63, 3.8) is 0 Å². The predicted octanol–water partition coefficient (Wildman–Crippen LogP) is 5.77. The first-order valence-electron chi connectivity index (χ1n) is 13.1. The quantitative estimate of drug-likeness (QED) is 0.447. The summed E-state index contributed by atoms with van der Waals surface area (Å²) in [6.45, 7) is 6.27. The maximum absolute atomic E-state index is 12.9. The number of hydrogen-bond acceptors (Lipinski definition) is 5. The number of amides is 2. The number of carbonyl (C=O) groups excluding carboxylic acids is 2. The number of rotatable bonds is 8. The van der Waals surface area contributed by atoms with Crippen molar-refractivity contribution in [3.8, 4) is 0 Å². The Labute approximate surface area is 205 Å². The summed E-state index contributed by atoms with van der Waals surface area (Å²) in [4.78, 5) is 26.5. The van der Waals surface area contributed by atoms with Crippen LogP contribution in [0.4, 0.5) is 16.2 Å². The lowest BCUT2D eigenvalue weighted by molar-refractivity contribution is 0.0299. The summed E-state index contributed by atoms with van der Waals surface area (Å²) in [6, 6.07) is 6.88. The molecule has 0 aromatic heterocycles. The molecule has 2 aliphatic rings. The van der Waals surface area contributed by atoms with Crippen LogP contribution in [0.15, 0.2) is 18.2 Å². The molecular formula is C27H44N4O3. The van der Waals surface area contributed by atoms with Gasteiger partial charge in [0.1, 0.15) is 5.60 Å². The van der Waals surface area contributed by atoms with E-state index in [0.29, 0.717) is 30.7 Å². The van der Waals surface area contributed by atoms with Gasteiger partial charge in [-0.15, -0.1) is 0 Å². The summed E-state index contributed by atoms with van der Waals surface area (Å²) in [5, 5.41) is 10.4. The molecule has 2 fully saturated rings. The lowest BCUT2D eigenvalue weighted by atomic mass is 9.94. The minimum absolute atomic E-state index is 0.131. The SMILES string of the molecule is CN(CCNC(=O)c1ccc(NC2CCCCC2)c(NC2CCCCC2)c1)C(=O)OC(C)(C)C. The maximum Gasteiger partial charge on any atom is 0.410 e. The minimum atomic E-state index is -0.538. The van der Waals surface area contributed by atoms with Crippen LogP contribution in [0.2, 0.25) is 0 Å². The zero-order valence-corrected chi connectivity index (χ0v) is 21.5. The monoisotopic (exact) mass is 472 g/mol. The second-order valence-corrected chi connectivity index (χ2v) is 10.9. The number of benzene rings is 1. The first kappa shape index (κ1) is 26.2. The van der Waals surface area contributed by atoms with Gasteiger partial charge in [0, 0.05) is 37.8 Å². The molecular weight excluding hydrogens is 428 g/mol. The van der Waals surface area contributed by atoms with Gasteiger partial charge in [-0.3, -0.25) is 4.79 Å². The van der Waals surface area contributed by atoms with E-state index in [0.717, 1.165) is 11.4 Å². The number of nitrogens with one attached hydrogen (secondary N) is 3. The third-order valence-electron chi connectivity index (χ3n) is 6.65. The highest BCUT2D eigenvalue weighted by Gasteiger charge is 2.21. The summed E-state index contributed by atoms with van der Waals surface area (Å²) in [5.41, 5.74) is 2.21. The number of likely N-dealkylation sites (N-methyl/N-ethyl adjacent to an activating group) is 1. The summed E-state index contributed by atoms with van der Waals surface area (Å²) in [6.07, 6.45) is 12.1.